The van der Waals surface area contributed by atoms with Gasteiger partial charge in [0, 0.05) is 23.0 Å². The van der Waals surface area contributed by atoms with Gasteiger partial charge in [-0.05, 0) is 146 Å². The second-order valence-corrected chi connectivity index (χ2v) is 20.0. The predicted octanol–water partition coefficient (Wildman–Crippen LogP) is 9.56. The van der Waals surface area contributed by atoms with E-state index in [1.165, 1.54) is 36.4 Å². The number of carbonyl (C=O) groups is 3. The van der Waals surface area contributed by atoms with Crippen LogP contribution in [0, 0.1) is 50.2 Å². The van der Waals surface area contributed by atoms with Crippen LogP contribution in [0.5, 0.6) is 23.0 Å². The minimum Gasteiger partial charge on any atom is -0.504 e. The maximum Gasteiger partial charge on any atom is 0.331 e. The van der Waals surface area contributed by atoms with E-state index in [0.29, 0.717) is 36.8 Å². The highest BCUT2D eigenvalue weighted by atomic mass is 16.5. The third kappa shape index (κ3) is 6.78. The average Bonchev–Trinajstić information content (AvgIpc) is 3.15. The molecule has 5 aliphatic carbocycles. The van der Waals surface area contributed by atoms with Gasteiger partial charge in [0.25, 0.3) is 0 Å². The molecule has 2 aromatic carbocycles. The number of esters is 2. The summed E-state index contributed by atoms with van der Waals surface area (Å²) >= 11 is 0. The predicted molar refractivity (Wildman–Crippen MR) is 219 cm³/mol. The van der Waals surface area contributed by atoms with E-state index in [0.717, 1.165) is 44.1 Å². The molecule has 0 spiro atoms. The van der Waals surface area contributed by atoms with Crippen LogP contribution in [0.15, 0.2) is 60.2 Å². The number of aliphatic carboxylic acids is 1. The summed E-state index contributed by atoms with van der Waals surface area (Å²) in [5.41, 5.74) is -0.0470. The van der Waals surface area contributed by atoms with E-state index < -0.39 is 28.7 Å². The van der Waals surface area contributed by atoms with E-state index >= 15 is 0 Å². The highest BCUT2D eigenvalue weighted by Gasteiger charge is 2.71. The SMILES string of the molecule is CC1(C)CC[C@]2(C(=O)O)CC[C@]3(COC(=O)/C=C/c4ccc(O)c(O)c4)C(=CC[C@@H]4[C@@]5(C)CCC(OC(=O)/C=C/c6ccc(O)c(O)c6)C(C)(C)[C@@H]5CC[C@]43C)[C@@H]2C1. The molecule has 2 aromatic rings. The summed E-state index contributed by atoms with van der Waals surface area (Å²) in [6.45, 7) is 13.8. The van der Waals surface area contributed by atoms with Gasteiger partial charge in [-0.1, -0.05) is 65.3 Å². The van der Waals surface area contributed by atoms with Crippen molar-refractivity contribution in [1.29, 1.82) is 0 Å². The van der Waals surface area contributed by atoms with Gasteiger partial charge in [-0.15, -0.1) is 0 Å². The highest BCUT2D eigenvalue weighted by Crippen LogP contribution is 2.76. The monoisotopic (exact) mass is 796 g/mol. The lowest BCUT2D eigenvalue weighted by Crippen LogP contribution is -2.67. The molecule has 0 aromatic heterocycles. The fraction of sp³-hybridized carbons (Fsp3) is 0.562. The van der Waals surface area contributed by atoms with Gasteiger partial charge in [-0.25, -0.2) is 9.59 Å². The molecule has 0 saturated heterocycles. The number of carbonyl (C=O) groups excluding carboxylic acids is 2. The number of fused-ring (bicyclic) bond motifs is 7. The molecule has 0 radical (unpaired) electrons. The minimum absolute atomic E-state index is 0.0368. The number of benzene rings is 2. The zero-order chi connectivity index (χ0) is 42.1. The Kier molecular flexibility index (Phi) is 10.4. The topological polar surface area (TPSA) is 171 Å². The number of carboxylic acid groups (broad SMARTS) is 1. The molecule has 10 nitrogen and oxygen atoms in total. The Balaban J connectivity index is 1.19. The zero-order valence-electron chi connectivity index (χ0n) is 34.7. The Morgan fingerprint density at radius 1 is 0.724 bits per heavy atom. The van der Waals surface area contributed by atoms with Crippen molar-refractivity contribution in [1.82, 2.24) is 0 Å². The molecular weight excluding hydrogens is 737 g/mol. The normalized spacial score (nSPS) is 34.8. The van der Waals surface area contributed by atoms with E-state index in [9.17, 15) is 39.9 Å². The van der Waals surface area contributed by atoms with Crippen molar-refractivity contribution >= 4 is 30.1 Å². The average molecular weight is 797 g/mol. The van der Waals surface area contributed by atoms with Gasteiger partial charge in [0.05, 0.1) is 5.41 Å². The molecule has 5 N–H and O–H groups in total. The van der Waals surface area contributed by atoms with Gasteiger partial charge in [0.2, 0.25) is 0 Å². The molecule has 0 heterocycles. The molecule has 0 amide bonds. The van der Waals surface area contributed by atoms with E-state index in [4.69, 9.17) is 9.47 Å². The summed E-state index contributed by atoms with van der Waals surface area (Å²) < 4.78 is 12.5. The molecule has 0 aliphatic heterocycles. The number of phenols is 4. The lowest BCUT2D eigenvalue weighted by atomic mass is 9.33. The fourth-order valence-electron chi connectivity index (χ4n) is 13.0. The van der Waals surface area contributed by atoms with Gasteiger partial charge in [0.1, 0.15) is 12.7 Å². The van der Waals surface area contributed by atoms with E-state index in [1.54, 1.807) is 24.3 Å². The molecule has 58 heavy (non-hydrogen) atoms. The van der Waals surface area contributed by atoms with Crippen LogP contribution in [-0.2, 0) is 23.9 Å². The molecule has 8 atom stereocenters. The zero-order valence-corrected chi connectivity index (χ0v) is 34.7. The van der Waals surface area contributed by atoms with Crippen molar-refractivity contribution in [3.63, 3.8) is 0 Å². The Labute approximate surface area is 341 Å². The summed E-state index contributed by atoms with van der Waals surface area (Å²) in [4.78, 5) is 40.1. The van der Waals surface area contributed by atoms with Crippen molar-refractivity contribution < 1.29 is 49.4 Å². The first-order valence-electron chi connectivity index (χ1n) is 20.9. The van der Waals surface area contributed by atoms with Gasteiger partial charge in [-0.2, -0.15) is 0 Å². The molecule has 4 fully saturated rings. The van der Waals surface area contributed by atoms with Crippen LogP contribution < -0.4 is 0 Å². The van der Waals surface area contributed by atoms with E-state index in [2.05, 4.69) is 47.6 Å². The van der Waals surface area contributed by atoms with Crippen LogP contribution in [0.25, 0.3) is 12.2 Å². The van der Waals surface area contributed by atoms with Gasteiger partial charge in [0.15, 0.2) is 23.0 Å². The number of allylic oxidation sites excluding steroid dienone is 1. The van der Waals surface area contributed by atoms with Crippen LogP contribution in [0.2, 0.25) is 0 Å². The summed E-state index contributed by atoms with van der Waals surface area (Å²) in [5.74, 6) is -2.50. The van der Waals surface area contributed by atoms with Crippen molar-refractivity contribution in [3.8, 4) is 23.0 Å². The third-order valence-corrected chi connectivity index (χ3v) is 16.2. The smallest absolute Gasteiger partial charge is 0.331 e. The maximum atomic E-state index is 13.6. The molecule has 1 unspecified atom stereocenters. The maximum absolute atomic E-state index is 13.6. The van der Waals surface area contributed by atoms with Gasteiger partial charge >= 0.3 is 17.9 Å². The van der Waals surface area contributed by atoms with Crippen molar-refractivity contribution in [2.75, 3.05) is 6.61 Å². The van der Waals surface area contributed by atoms with Crippen LogP contribution >= 0.6 is 0 Å². The highest BCUT2D eigenvalue weighted by molar-refractivity contribution is 5.88. The Morgan fingerprint density at radius 2 is 1.33 bits per heavy atom. The van der Waals surface area contributed by atoms with Crippen molar-refractivity contribution in [2.24, 2.45) is 50.2 Å². The second kappa shape index (κ2) is 14.5. The molecule has 7 rings (SSSR count). The molecule has 312 valence electrons. The number of carboxylic acids is 1. The van der Waals surface area contributed by atoms with E-state index in [1.807, 2.05) is 0 Å². The van der Waals surface area contributed by atoms with Gasteiger partial charge < -0.3 is 35.0 Å². The number of aromatic hydroxyl groups is 4. The van der Waals surface area contributed by atoms with Crippen molar-refractivity contribution in [2.45, 2.75) is 112 Å². The fourth-order valence-corrected chi connectivity index (χ4v) is 13.0. The number of ether oxygens (including phenoxy) is 2. The standard InChI is InChI=1S/C48H60O10/c1-43(2)21-22-47(42(55)56)23-24-48(28-57-40(53)15-9-29-7-12-33(49)35(51)25-29)31(32(47)27-43)11-14-38-45(5)19-18-39(44(3,4)37(45)17-20-46(38,48)6)58-41(54)16-10-30-8-13-34(50)36(52)26-30/h7-13,15-16,25-26,32,37-39,49-52H,14,17-24,27-28H2,1-6H3,(H,55,56)/b15-9+,16-10+/t32-,37-,38+,39?,45-,46+,47-,48-/m0/s1. The molecular formula is C48H60O10. The number of hydrogen-bond donors (Lipinski definition) is 5. The third-order valence-electron chi connectivity index (χ3n) is 16.2. The van der Waals surface area contributed by atoms with E-state index in [-0.39, 0.29) is 75.1 Å². The van der Waals surface area contributed by atoms with Crippen molar-refractivity contribution in [3.05, 3.63) is 71.3 Å². The summed E-state index contributed by atoms with van der Waals surface area (Å²) in [7, 11) is 0. The number of rotatable bonds is 8. The number of phenolic OH excluding ortho intramolecular Hbond substituents is 4. The van der Waals surface area contributed by atoms with Crippen LogP contribution in [0.1, 0.15) is 117 Å². The Morgan fingerprint density at radius 3 is 1.93 bits per heavy atom. The Bertz CT molecular complexity index is 2080. The number of hydrogen-bond acceptors (Lipinski definition) is 9. The molecule has 5 aliphatic rings. The molecule has 0 bridgehead atoms. The quantitative estimate of drug-likeness (QED) is 0.0750. The summed E-state index contributed by atoms with van der Waals surface area (Å²) in [5, 5.41) is 50.2. The first-order valence-corrected chi connectivity index (χ1v) is 20.9. The van der Waals surface area contributed by atoms with Crippen LogP contribution in [-0.4, -0.2) is 56.2 Å². The van der Waals surface area contributed by atoms with Crippen LogP contribution in [0.4, 0.5) is 0 Å². The largest absolute Gasteiger partial charge is 0.504 e. The van der Waals surface area contributed by atoms with Gasteiger partial charge in [-0.3, -0.25) is 4.79 Å². The Hall–Kier alpha value is -4.73. The second-order valence-electron chi connectivity index (χ2n) is 20.0. The molecule has 4 saturated carbocycles. The molecule has 10 heteroatoms. The first-order chi connectivity index (χ1) is 27.2. The summed E-state index contributed by atoms with van der Waals surface area (Å²) in [6, 6.07) is 8.70. The summed E-state index contributed by atoms with van der Waals surface area (Å²) in [6.07, 6.45) is 15.3. The first kappa shape index (κ1) is 41.4. The van der Waals surface area contributed by atoms with Crippen LogP contribution in [0.3, 0.4) is 0 Å². The lowest BCUT2D eigenvalue weighted by molar-refractivity contribution is -0.221. The lowest BCUT2D eigenvalue weighted by Gasteiger charge is -2.71. The minimum atomic E-state index is -0.860.